The van der Waals surface area contributed by atoms with Crippen molar-refractivity contribution < 1.29 is 13.9 Å². The van der Waals surface area contributed by atoms with E-state index in [1.165, 1.54) is 25.8 Å². The third-order valence-electron chi connectivity index (χ3n) is 6.72. The summed E-state index contributed by atoms with van der Waals surface area (Å²) in [6, 6.07) is 4.46. The van der Waals surface area contributed by atoms with Crippen molar-refractivity contribution in [3.05, 3.63) is 24.2 Å². The SMILES string of the molecule is I.c1coc(CCNC(=NCCCN2CCOCC2)NC2CCN(CC3CCOC3)CC2)c1. The van der Waals surface area contributed by atoms with E-state index >= 15 is 0 Å². The fourth-order valence-corrected chi connectivity index (χ4v) is 4.77. The smallest absolute Gasteiger partial charge is 0.191 e. The summed E-state index contributed by atoms with van der Waals surface area (Å²) in [6.07, 6.45) is 7.23. The zero-order valence-electron chi connectivity index (χ0n) is 19.9. The van der Waals surface area contributed by atoms with Gasteiger partial charge < -0.3 is 29.4 Å². The molecule has 8 nitrogen and oxygen atoms in total. The number of hydrogen-bond donors (Lipinski definition) is 2. The van der Waals surface area contributed by atoms with Gasteiger partial charge in [0, 0.05) is 71.4 Å². The molecular weight excluding hydrogens is 533 g/mol. The Kier molecular flexibility index (Phi) is 12.3. The van der Waals surface area contributed by atoms with Gasteiger partial charge in [-0.05, 0) is 43.7 Å². The summed E-state index contributed by atoms with van der Waals surface area (Å²) in [5.41, 5.74) is 0. The van der Waals surface area contributed by atoms with E-state index in [4.69, 9.17) is 18.9 Å². The minimum atomic E-state index is 0. The van der Waals surface area contributed by atoms with Gasteiger partial charge in [0.2, 0.25) is 0 Å². The van der Waals surface area contributed by atoms with E-state index in [9.17, 15) is 0 Å². The molecule has 4 rings (SSSR count). The van der Waals surface area contributed by atoms with Crippen molar-refractivity contribution in [3.63, 3.8) is 0 Å². The molecule has 0 saturated carbocycles. The number of nitrogens with zero attached hydrogens (tertiary/aromatic N) is 3. The highest BCUT2D eigenvalue weighted by Crippen LogP contribution is 2.17. The Balaban J connectivity index is 0.00000306. The maximum atomic E-state index is 5.54. The molecule has 0 bridgehead atoms. The molecule has 0 spiro atoms. The summed E-state index contributed by atoms with van der Waals surface area (Å²) in [6.45, 7) is 12.0. The van der Waals surface area contributed by atoms with Crippen molar-refractivity contribution in [1.82, 2.24) is 20.4 Å². The molecule has 3 aliphatic rings. The molecular formula is C24H42IN5O3. The average molecular weight is 576 g/mol. The van der Waals surface area contributed by atoms with E-state index in [1.807, 2.05) is 12.1 Å². The number of rotatable bonds is 10. The van der Waals surface area contributed by atoms with Gasteiger partial charge in [0.05, 0.1) is 26.1 Å². The third-order valence-corrected chi connectivity index (χ3v) is 6.72. The lowest BCUT2D eigenvalue weighted by Gasteiger charge is -2.34. The number of guanidine groups is 1. The second kappa shape index (κ2) is 15.2. The molecule has 1 atom stereocenters. The molecule has 3 aliphatic heterocycles. The number of likely N-dealkylation sites (tertiary alicyclic amines) is 1. The van der Waals surface area contributed by atoms with Crippen molar-refractivity contribution >= 4 is 29.9 Å². The molecule has 1 aromatic rings. The quantitative estimate of drug-likeness (QED) is 0.192. The van der Waals surface area contributed by atoms with Crippen LogP contribution < -0.4 is 10.6 Å². The maximum Gasteiger partial charge on any atom is 0.191 e. The van der Waals surface area contributed by atoms with E-state index in [2.05, 4.69) is 20.4 Å². The first kappa shape index (κ1) is 26.7. The lowest BCUT2D eigenvalue weighted by Crippen LogP contribution is -2.49. The van der Waals surface area contributed by atoms with E-state index in [-0.39, 0.29) is 24.0 Å². The highest BCUT2D eigenvalue weighted by atomic mass is 127. The van der Waals surface area contributed by atoms with Gasteiger partial charge in [0.15, 0.2) is 5.96 Å². The molecule has 3 fully saturated rings. The van der Waals surface area contributed by atoms with E-state index in [0.717, 1.165) is 103 Å². The minimum absolute atomic E-state index is 0. The first-order chi connectivity index (χ1) is 15.8. The van der Waals surface area contributed by atoms with Gasteiger partial charge in [0.1, 0.15) is 5.76 Å². The standard InChI is InChI=1S/C24H41N5O3.HI/c1-3-23(32-15-1)4-9-26-24(25-8-2-10-28-13-17-30-18-14-28)27-22-5-11-29(12-6-22)19-21-7-16-31-20-21;/h1,3,15,21-22H,2,4-14,16-20H2,(H2,25,26,27);1H. The Morgan fingerprint density at radius 1 is 1.03 bits per heavy atom. The van der Waals surface area contributed by atoms with Crippen LogP contribution in [0.3, 0.4) is 0 Å². The zero-order chi connectivity index (χ0) is 21.8. The Bertz CT molecular complexity index is 655. The van der Waals surface area contributed by atoms with Gasteiger partial charge in [-0.2, -0.15) is 0 Å². The van der Waals surface area contributed by atoms with Crippen LogP contribution in [0.4, 0.5) is 0 Å². The summed E-state index contributed by atoms with van der Waals surface area (Å²) in [5, 5.41) is 7.24. The molecule has 0 amide bonds. The molecule has 33 heavy (non-hydrogen) atoms. The fraction of sp³-hybridized carbons (Fsp3) is 0.792. The Labute approximate surface area is 215 Å². The van der Waals surface area contributed by atoms with E-state index in [1.54, 1.807) is 6.26 Å². The molecule has 4 heterocycles. The van der Waals surface area contributed by atoms with Crippen LogP contribution in [0.2, 0.25) is 0 Å². The summed E-state index contributed by atoms with van der Waals surface area (Å²) in [7, 11) is 0. The summed E-state index contributed by atoms with van der Waals surface area (Å²) < 4.78 is 16.5. The zero-order valence-corrected chi connectivity index (χ0v) is 22.2. The molecule has 0 radical (unpaired) electrons. The summed E-state index contributed by atoms with van der Waals surface area (Å²) in [4.78, 5) is 9.98. The predicted molar refractivity (Wildman–Crippen MR) is 142 cm³/mol. The molecule has 0 aliphatic carbocycles. The Morgan fingerprint density at radius 3 is 2.61 bits per heavy atom. The van der Waals surface area contributed by atoms with Gasteiger partial charge in [-0.1, -0.05) is 0 Å². The van der Waals surface area contributed by atoms with Crippen LogP contribution in [0.5, 0.6) is 0 Å². The van der Waals surface area contributed by atoms with Crippen molar-refractivity contribution in [2.75, 3.05) is 78.8 Å². The number of ether oxygens (including phenoxy) is 2. The highest BCUT2D eigenvalue weighted by molar-refractivity contribution is 14.0. The van der Waals surface area contributed by atoms with Crippen molar-refractivity contribution in [3.8, 4) is 0 Å². The number of nitrogens with one attached hydrogen (secondary N) is 2. The van der Waals surface area contributed by atoms with Gasteiger partial charge in [0.25, 0.3) is 0 Å². The third kappa shape index (κ3) is 9.71. The summed E-state index contributed by atoms with van der Waals surface area (Å²) in [5.74, 6) is 2.68. The van der Waals surface area contributed by atoms with Crippen molar-refractivity contribution in [1.29, 1.82) is 0 Å². The van der Waals surface area contributed by atoms with Gasteiger partial charge in [-0.25, -0.2) is 0 Å². The van der Waals surface area contributed by atoms with Crippen LogP contribution in [0.15, 0.2) is 27.8 Å². The lowest BCUT2D eigenvalue weighted by atomic mass is 10.0. The van der Waals surface area contributed by atoms with Crippen LogP contribution in [-0.2, 0) is 15.9 Å². The van der Waals surface area contributed by atoms with Crippen LogP contribution in [-0.4, -0.2) is 101 Å². The number of hydrogen-bond acceptors (Lipinski definition) is 6. The topological polar surface area (TPSA) is 74.5 Å². The molecule has 1 unspecified atom stereocenters. The first-order valence-electron chi connectivity index (χ1n) is 12.5. The number of aliphatic imine (C=N–C) groups is 1. The minimum Gasteiger partial charge on any atom is -0.469 e. The van der Waals surface area contributed by atoms with Crippen LogP contribution in [0.1, 0.15) is 31.4 Å². The second-order valence-electron chi connectivity index (χ2n) is 9.24. The highest BCUT2D eigenvalue weighted by Gasteiger charge is 2.24. The predicted octanol–water partition coefficient (Wildman–Crippen LogP) is 2.20. The fourth-order valence-electron chi connectivity index (χ4n) is 4.77. The Morgan fingerprint density at radius 2 is 1.88 bits per heavy atom. The number of halogens is 1. The second-order valence-corrected chi connectivity index (χ2v) is 9.24. The normalized spacial score (nSPS) is 23.4. The van der Waals surface area contributed by atoms with Gasteiger partial charge in [-0.3, -0.25) is 9.89 Å². The largest absolute Gasteiger partial charge is 0.469 e. The average Bonchev–Trinajstić information content (AvgIpc) is 3.53. The molecule has 188 valence electrons. The van der Waals surface area contributed by atoms with Crippen LogP contribution in [0, 0.1) is 5.92 Å². The maximum absolute atomic E-state index is 5.54. The molecule has 0 aromatic carbocycles. The van der Waals surface area contributed by atoms with Gasteiger partial charge >= 0.3 is 0 Å². The van der Waals surface area contributed by atoms with Crippen molar-refractivity contribution in [2.24, 2.45) is 10.9 Å². The summed E-state index contributed by atoms with van der Waals surface area (Å²) >= 11 is 0. The first-order valence-corrected chi connectivity index (χ1v) is 12.5. The van der Waals surface area contributed by atoms with Crippen molar-refractivity contribution in [2.45, 2.75) is 38.1 Å². The number of furan rings is 1. The van der Waals surface area contributed by atoms with E-state index in [0.29, 0.717) is 6.04 Å². The Hall–Kier alpha value is -0.880. The monoisotopic (exact) mass is 575 g/mol. The molecule has 9 heteroatoms. The number of morpholine rings is 1. The van der Waals surface area contributed by atoms with Crippen LogP contribution in [0.25, 0.3) is 0 Å². The molecule has 2 N–H and O–H groups in total. The molecule has 3 saturated heterocycles. The number of piperidine rings is 1. The van der Waals surface area contributed by atoms with E-state index < -0.39 is 0 Å². The lowest BCUT2D eigenvalue weighted by molar-refractivity contribution is 0.0377. The molecule has 1 aromatic heterocycles. The van der Waals surface area contributed by atoms with Gasteiger partial charge in [-0.15, -0.1) is 24.0 Å². The van der Waals surface area contributed by atoms with Crippen LogP contribution >= 0.6 is 24.0 Å².